The van der Waals surface area contributed by atoms with Gasteiger partial charge in [0.25, 0.3) is 0 Å². The summed E-state index contributed by atoms with van der Waals surface area (Å²) in [6.07, 6.45) is 0. The fourth-order valence-electron chi connectivity index (χ4n) is 21.7. The monoisotopic (exact) mass is 1800 g/mol. The molecule has 30 rings (SSSR count). The SMILES string of the molecule is [2H]c1c([2H])c([2H])c2c(-c3cccc4ccccc34)c3c([2H])c([2H])c([2H])c([2H])c3c(-c3ccc4oc5ccccc5c4c3)c2c1[2H].[2H]c1c([2H])c([2H])c2c(-c3cccc4oc5ccccc5c34)c3c([2H])c([2H])c([2H])c([2H])c3c(-c3ccccc3)c2c1[2H].c1ccc(-c2c3ccccc3c(-c3cccc4oc5ccccc5c34)c3ccccc23)cc1.c1ccc2c(-c3c4ccccc4c(-c4ccc5oc6ccccc6c5c4)c4ccccc34)cccc2c1. The van der Waals surface area contributed by atoms with E-state index in [1.165, 1.54) is 104 Å². The average molecular weight is 1800 g/mol. The third-order valence-corrected chi connectivity index (χ3v) is 27.5. The predicted molar refractivity (Wildman–Crippen MR) is 593 cm³/mol. The Bertz CT molecular complexity index is 11000. The molecule has 0 saturated carbocycles. The highest BCUT2D eigenvalue weighted by atomic mass is 16.3. The highest BCUT2D eigenvalue weighted by molar-refractivity contribution is 6.31. The van der Waals surface area contributed by atoms with Crippen LogP contribution in [0.15, 0.2) is 527 Å². The van der Waals surface area contributed by atoms with Crippen molar-refractivity contribution in [2.75, 3.05) is 0 Å². The summed E-state index contributed by atoms with van der Waals surface area (Å²) in [6, 6.07) is 133. The van der Waals surface area contributed by atoms with Crippen molar-refractivity contribution in [2.24, 2.45) is 0 Å². The van der Waals surface area contributed by atoms with Gasteiger partial charge in [-0.1, -0.05) is 449 Å². The number of fused-ring (bicyclic) bond motifs is 22. The maximum Gasteiger partial charge on any atom is 0.136 e. The lowest BCUT2D eigenvalue weighted by molar-refractivity contribution is 0.668. The topological polar surface area (TPSA) is 52.6 Å². The van der Waals surface area contributed by atoms with E-state index in [2.05, 4.69) is 231 Å². The van der Waals surface area contributed by atoms with Crippen molar-refractivity contribution >= 4 is 195 Å². The quantitative estimate of drug-likeness (QED) is 0.142. The molecule has 0 unspecified atom stereocenters. The van der Waals surface area contributed by atoms with E-state index in [1.807, 2.05) is 140 Å². The molecule has 4 nitrogen and oxygen atoms in total. The van der Waals surface area contributed by atoms with Crippen molar-refractivity contribution in [3.63, 3.8) is 0 Å². The van der Waals surface area contributed by atoms with Crippen LogP contribution >= 0.6 is 0 Å². The number of para-hydroxylation sites is 4. The van der Waals surface area contributed by atoms with Crippen molar-refractivity contribution < 1.29 is 39.6 Å². The lowest BCUT2D eigenvalue weighted by atomic mass is 9.84. The Morgan fingerprint density at radius 2 is 0.343 bits per heavy atom. The minimum absolute atomic E-state index is 0.185. The van der Waals surface area contributed by atoms with E-state index in [0.29, 0.717) is 72.2 Å². The van der Waals surface area contributed by atoms with Crippen LogP contribution in [0.4, 0.5) is 0 Å². The maximum atomic E-state index is 9.20. The van der Waals surface area contributed by atoms with Gasteiger partial charge in [0.2, 0.25) is 0 Å². The van der Waals surface area contributed by atoms with E-state index in [4.69, 9.17) is 34.1 Å². The van der Waals surface area contributed by atoms with Gasteiger partial charge in [0, 0.05) is 43.1 Å². The largest absolute Gasteiger partial charge is 0.456 e. The second-order valence-electron chi connectivity index (χ2n) is 35.1. The molecule has 26 aromatic carbocycles. The molecule has 0 spiro atoms. The normalized spacial score (nSPS) is 13.3. The standard InChI is InChI=1S/2C36H22O.2C32H20O/c2*1-2-12-25-23(10-1)11-9-18-27(25)36-30-16-5-3-14-28(30)35(29-15-4-6-17-31(29)36)24-20-21-34-32(22-24)26-13-7-8-19-33(26)37-34;2*1-2-11-21(12-3-1)30-22-13-4-6-15-24(22)31(25-16-7-5-14-23(25)30)27-18-10-20-29-32(27)26-17-8-9-19-28(26)33-29/h2*1-22H;2*1-20H/i3D,4D,5D,6D,14D,15D,16D,17D;;4D,5D,6D,7D,13D,14D,15D,16D;. The van der Waals surface area contributed by atoms with E-state index in [-0.39, 0.29) is 91.4 Å². The number of rotatable bonds is 8. The zero-order chi connectivity index (χ0) is 106. The van der Waals surface area contributed by atoms with Crippen molar-refractivity contribution in [3.05, 3.63) is 509 Å². The molecule has 0 aliphatic rings. The van der Waals surface area contributed by atoms with Crippen LogP contribution in [0.2, 0.25) is 0 Å². The number of hydrogen-bond donors (Lipinski definition) is 0. The minimum Gasteiger partial charge on any atom is -0.456 e. The molecule has 4 aromatic heterocycles. The molecular formula is C136H84O4. The van der Waals surface area contributed by atoms with Gasteiger partial charge in [-0.15, -0.1) is 0 Å². The summed E-state index contributed by atoms with van der Waals surface area (Å²) in [6.45, 7) is 0. The van der Waals surface area contributed by atoms with Crippen LogP contribution in [0.5, 0.6) is 0 Å². The summed E-state index contributed by atoms with van der Waals surface area (Å²) < 4.78 is 166. The first-order valence-electron chi connectivity index (χ1n) is 54.7. The van der Waals surface area contributed by atoms with Crippen LogP contribution in [0.3, 0.4) is 0 Å². The van der Waals surface area contributed by atoms with Gasteiger partial charge in [-0.2, -0.15) is 0 Å². The third-order valence-electron chi connectivity index (χ3n) is 27.5. The Morgan fingerprint density at radius 1 is 0.129 bits per heavy atom. The molecule has 0 radical (unpaired) electrons. The van der Waals surface area contributed by atoms with Crippen LogP contribution in [-0.4, -0.2) is 0 Å². The number of benzene rings is 26. The molecule has 0 fully saturated rings. The molecule has 652 valence electrons. The van der Waals surface area contributed by atoms with E-state index in [1.54, 1.807) is 42.5 Å². The molecule has 4 heterocycles. The number of hydrogen-bond acceptors (Lipinski definition) is 4. The molecule has 0 aliphatic heterocycles. The lowest BCUT2D eigenvalue weighted by Gasteiger charge is -2.18. The average Bonchev–Trinajstić information content (AvgIpc) is 0.937. The van der Waals surface area contributed by atoms with Gasteiger partial charge in [-0.05, 0) is 257 Å². The third kappa shape index (κ3) is 13.4. The van der Waals surface area contributed by atoms with Crippen LogP contribution in [-0.2, 0) is 0 Å². The van der Waals surface area contributed by atoms with E-state index in [9.17, 15) is 5.48 Å². The Labute approximate surface area is 828 Å². The van der Waals surface area contributed by atoms with Crippen LogP contribution in [0.1, 0.15) is 21.9 Å². The molecule has 0 saturated heterocycles. The first kappa shape index (κ1) is 66.0. The van der Waals surface area contributed by atoms with Gasteiger partial charge < -0.3 is 17.7 Å². The van der Waals surface area contributed by atoms with Crippen molar-refractivity contribution in [1.82, 2.24) is 0 Å². The van der Waals surface area contributed by atoms with Gasteiger partial charge in [0.1, 0.15) is 44.7 Å². The predicted octanol–water partition coefficient (Wildman–Crippen LogP) is 39.2. The second-order valence-corrected chi connectivity index (χ2v) is 35.1. The molecule has 0 atom stereocenters. The molecule has 0 aliphatic carbocycles. The fraction of sp³-hybridized carbons (Fsp3) is 0. The Kier molecular flexibility index (Phi) is 16.0. The molecule has 30 aromatic rings. The summed E-state index contributed by atoms with van der Waals surface area (Å²) in [5, 5.41) is 23.6. The molecular weight excluding hydrogens is 1700 g/mol. The Morgan fingerprint density at radius 3 is 0.707 bits per heavy atom. The Balaban J connectivity index is 0.000000102. The second kappa shape index (κ2) is 33.9. The zero-order valence-electron chi connectivity index (χ0n) is 90.9. The molecule has 0 amide bonds. The first-order chi connectivity index (χ1) is 76.2. The molecule has 140 heavy (non-hydrogen) atoms. The first-order valence-corrected chi connectivity index (χ1v) is 46.7. The summed E-state index contributed by atoms with van der Waals surface area (Å²) in [4.78, 5) is 0. The van der Waals surface area contributed by atoms with Crippen LogP contribution in [0.25, 0.3) is 284 Å². The van der Waals surface area contributed by atoms with Gasteiger partial charge in [0.15, 0.2) is 0 Å². The van der Waals surface area contributed by atoms with Gasteiger partial charge >= 0.3 is 0 Å². The summed E-state index contributed by atoms with van der Waals surface area (Å²) in [5.41, 5.74) is 19.8. The summed E-state index contributed by atoms with van der Waals surface area (Å²) in [5.74, 6) is 0. The molecule has 0 N–H and O–H groups in total. The molecule has 4 heteroatoms. The fourth-order valence-corrected chi connectivity index (χ4v) is 21.7. The number of furan rings is 4. The van der Waals surface area contributed by atoms with Crippen LogP contribution in [0, 0.1) is 0 Å². The lowest BCUT2D eigenvalue weighted by Crippen LogP contribution is -1.91. The van der Waals surface area contributed by atoms with E-state index in [0.717, 1.165) is 65.4 Å². The highest BCUT2D eigenvalue weighted by Crippen LogP contribution is 2.53. The maximum absolute atomic E-state index is 9.20. The minimum atomic E-state index is -0.424. The summed E-state index contributed by atoms with van der Waals surface area (Å²) >= 11 is 0. The van der Waals surface area contributed by atoms with Crippen molar-refractivity contribution in [2.45, 2.75) is 0 Å². The van der Waals surface area contributed by atoms with E-state index < -0.39 is 48.3 Å². The molecule has 0 bridgehead atoms. The van der Waals surface area contributed by atoms with Crippen LogP contribution < -0.4 is 0 Å². The highest BCUT2D eigenvalue weighted by Gasteiger charge is 2.27. The Hall–Kier alpha value is -18.5. The van der Waals surface area contributed by atoms with Gasteiger partial charge in [0.05, 0.1) is 21.9 Å². The van der Waals surface area contributed by atoms with Gasteiger partial charge in [-0.3, -0.25) is 0 Å². The van der Waals surface area contributed by atoms with E-state index >= 15 is 0 Å². The van der Waals surface area contributed by atoms with Crippen molar-refractivity contribution in [3.8, 4) is 89.0 Å². The van der Waals surface area contributed by atoms with Crippen molar-refractivity contribution in [1.29, 1.82) is 0 Å². The zero-order valence-corrected chi connectivity index (χ0v) is 74.9. The van der Waals surface area contributed by atoms with Gasteiger partial charge in [-0.25, -0.2) is 0 Å². The smallest absolute Gasteiger partial charge is 0.136 e. The summed E-state index contributed by atoms with van der Waals surface area (Å²) in [7, 11) is 0.